The number of anilines is 2. The number of nitrogens with zero attached hydrogens (tertiary/aromatic N) is 2. The quantitative estimate of drug-likeness (QED) is 0.517. The van der Waals surface area contributed by atoms with Crippen LogP contribution in [0, 0.1) is 10.1 Å². The minimum absolute atomic E-state index is 0.126. The Hall–Kier alpha value is -2.88. The smallest absolute Gasteiger partial charge is 0.269 e. The van der Waals surface area contributed by atoms with Gasteiger partial charge in [0.15, 0.2) is 0 Å². The zero-order valence-electron chi connectivity index (χ0n) is 11.9. The highest BCUT2D eigenvalue weighted by Crippen LogP contribution is 2.40. The Morgan fingerprint density at radius 3 is 2.50 bits per heavy atom. The molecule has 108 valence electrons. The van der Waals surface area contributed by atoms with Gasteiger partial charge in [0.05, 0.1) is 10.6 Å². The largest absolute Gasteiger partial charge is 0.340 e. The monoisotopic (exact) mass is 290 g/mol. The fraction of sp³-hybridized carbons (Fsp3) is 0.111. The van der Waals surface area contributed by atoms with Gasteiger partial charge in [-0.2, -0.15) is 0 Å². The molecule has 0 radical (unpaired) electrons. The summed E-state index contributed by atoms with van der Waals surface area (Å²) in [7, 11) is 0. The maximum absolute atomic E-state index is 10.8. The van der Waals surface area contributed by atoms with E-state index >= 15 is 0 Å². The maximum Gasteiger partial charge on any atom is 0.269 e. The molecule has 0 saturated heterocycles. The lowest BCUT2D eigenvalue weighted by molar-refractivity contribution is -0.384. The second-order valence-electron chi connectivity index (χ2n) is 5.47. The highest BCUT2D eigenvalue weighted by Gasteiger charge is 2.23. The Morgan fingerprint density at radius 1 is 0.955 bits per heavy atom. The zero-order valence-corrected chi connectivity index (χ0v) is 11.9. The van der Waals surface area contributed by atoms with Gasteiger partial charge in [-0.25, -0.2) is 0 Å². The molecule has 0 amide bonds. The van der Waals surface area contributed by atoms with Crippen molar-refractivity contribution in [3.8, 4) is 0 Å². The van der Waals surface area contributed by atoms with E-state index in [1.807, 2.05) is 18.2 Å². The molecule has 1 aliphatic heterocycles. The van der Waals surface area contributed by atoms with E-state index < -0.39 is 0 Å². The minimum Gasteiger partial charge on any atom is -0.340 e. The summed E-state index contributed by atoms with van der Waals surface area (Å²) in [4.78, 5) is 12.7. The SMILES string of the molecule is O=[N+]([O-])c1ccc(N2CCc3ccc4ccccc4c32)cc1. The highest BCUT2D eigenvalue weighted by atomic mass is 16.6. The Bertz CT molecular complexity index is 872. The minimum atomic E-state index is -0.364. The van der Waals surface area contributed by atoms with Crippen molar-refractivity contribution in [3.05, 3.63) is 76.3 Å². The second-order valence-corrected chi connectivity index (χ2v) is 5.47. The highest BCUT2D eigenvalue weighted by molar-refractivity contribution is 5.98. The third-order valence-electron chi connectivity index (χ3n) is 4.23. The van der Waals surface area contributed by atoms with Crippen molar-refractivity contribution in [3.63, 3.8) is 0 Å². The van der Waals surface area contributed by atoms with Gasteiger partial charge in [-0.1, -0.05) is 36.4 Å². The molecule has 0 bridgehead atoms. The van der Waals surface area contributed by atoms with Gasteiger partial charge in [-0.15, -0.1) is 0 Å². The van der Waals surface area contributed by atoms with Crippen LogP contribution in [0.15, 0.2) is 60.7 Å². The van der Waals surface area contributed by atoms with Crippen molar-refractivity contribution in [2.24, 2.45) is 0 Å². The number of nitro groups is 1. The van der Waals surface area contributed by atoms with Gasteiger partial charge >= 0.3 is 0 Å². The lowest BCUT2D eigenvalue weighted by Gasteiger charge is -2.21. The molecule has 22 heavy (non-hydrogen) atoms. The number of rotatable bonds is 2. The van der Waals surface area contributed by atoms with E-state index in [1.165, 1.54) is 22.0 Å². The number of non-ortho nitro benzene ring substituents is 1. The second kappa shape index (κ2) is 4.84. The maximum atomic E-state index is 10.8. The van der Waals surface area contributed by atoms with Crippen molar-refractivity contribution in [1.82, 2.24) is 0 Å². The fourth-order valence-corrected chi connectivity index (χ4v) is 3.18. The first kappa shape index (κ1) is 12.8. The van der Waals surface area contributed by atoms with Crippen molar-refractivity contribution in [2.75, 3.05) is 11.4 Å². The Labute approximate surface area is 127 Å². The van der Waals surface area contributed by atoms with Crippen LogP contribution < -0.4 is 4.90 Å². The first-order valence-electron chi connectivity index (χ1n) is 7.27. The van der Waals surface area contributed by atoms with Gasteiger partial charge in [0.2, 0.25) is 0 Å². The first-order chi connectivity index (χ1) is 10.7. The molecule has 4 heteroatoms. The van der Waals surface area contributed by atoms with Crippen LogP contribution in [0.5, 0.6) is 0 Å². The molecule has 0 spiro atoms. The number of hydrogen-bond acceptors (Lipinski definition) is 3. The predicted octanol–water partition coefficient (Wildman–Crippen LogP) is 4.44. The average molecular weight is 290 g/mol. The standard InChI is InChI=1S/C18H14N2O2/c21-20(22)16-9-7-15(8-10-16)19-12-11-14-6-5-13-3-1-2-4-17(13)18(14)19/h1-10H,11-12H2. The molecule has 3 aromatic carbocycles. The summed E-state index contributed by atoms with van der Waals surface area (Å²) in [5.74, 6) is 0. The van der Waals surface area contributed by atoms with E-state index in [2.05, 4.69) is 35.2 Å². The van der Waals surface area contributed by atoms with Gasteiger partial charge in [0.25, 0.3) is 5.69 Å². The van der Waals surface area contributed by atoms with E-state index in [0.717, 1.165) is 18.7 Å². The average Bonchev–Trinajstić information content (AvgIpc) is 2.99. The number of benzene rings is 3. The molecule has 3 aromatic rings. The molecule has 0 aliphatic carbocycles. The lowest BCUT2D eigenvalue weighted by atomic mass is 10.0. The summed E-state index contributed by atoms with van der Waals surface area (Å²) < 4.78 is 0. The van der Waals surface area contributed by atoms with Crippen LogP contribution in [-0.2, 0) is 6.42 Å². The third-order valence-corrected chi connectivity index (χ3v) is 4.23. The number of fused-ring (bicyclic) bond motifs is 3. The molecular weight excluding hydrogens is 276 g/mol. The van der Waals surface area contributed by atoms with Crippen LogP contribution in [0.3, 0.4) is 0 Å². The van der Waals surface area contributed by atoms with E-state index in [4.69, 9.17) is 0 Å². The van der Waals surface area contributed by atoms with Crippen molar-refractivity contribution < 1.29 is 4.92 Å². The van der Waals surface area contributed by atoms with Crippen LogP contribution in [0.4, 0.5) is 17.1 Å². The van der Waals surface area contributed by atoms with Crippen LogP contribution >= 0.6 is 0 Å². The Kier molecular flexibility index (Phi) is 2.82. The van der Waals surface area contributed by atoms with Crippen LogP contribution in [-0.4, -0.2) is 11.5 Å². The Morgan fingerprint density at radius 2 is 1.73 bits per heavy atom. The normalized spacial score (nSPS) is 13.4. The van der Waals surface area contributed by atoms with E-state index in [0.29, 0.717) is 0 Å². The number of hydrogen-bond donors (Lipinski definition) is 0. The molecule has 4 rings (SSSR count). The summed E-state index contributed by atoms with van der Waals surface area (Å²) in [5.41, 5.74) is 3.69. The van der Waals surface area contributed by atoms with Gasteiger partial charge < -0.3 is 4.90 Å². The van der Waals surface area contributed by atoms with Crippen molar-refractivity contribution in [2.45, 2.75) is 6.42 Å². The topological polar surface area (TPSA) is 46.4 Å². The van der Waals surface area contributed by atoms with Crippen LogP contribution in [0.1, 0.15) is 5.56 Å². The Balaban J connectivity index is 1.84. The third kappa shape index (κ3) is 1.92. The zero-order chi connectivity index (χ0) is 15.1. The molecule has 0 aromatic heterocycles. The van der Waals surface area contributed by atoms with E-state index in [9.17, 15) is 10.1 Å². The molecule has 1 heterocycles. The van der Waals surface area contributed by atoms with E-state index in [-0.39, 0.29) is 10.6 Å². The molecule has 0 N–H and O–H groups in total. The lowest BCUT2D eigenvalue weighted by Crippen LogP contribution is -2.13. The number of nitro benzene ring substituents is 1. The van der Waals surface area contributed by atoms with Crippen LogP contribution in [0.2, 0.25) is 0 Å². The molecule has 0 unspecified atom stereocenters. The first-order valence-corrected chi connectivity index (χ1v) is 7.27. The van der Waals surface area contributed by atoms with E-state index in [1.54, 1.807) is 12.1 Å². The molecule has 0 atom stereocenters. The van der Waals surface area contributed by atoms with Crippen molar-refractivity contribution in [1.29, 1.82) is 0 Å². The predicted molar refractivity (Wildman–Crippen MR) is 87.8 cm³/mol. The van der Waals surface area contributed by atoms with Crippen molar-refractivity contribution >= 4 is 27.8 Å². The molecule has 0 fully saturated rings. The molecule has 1 aliphatic rings. The summed E-state index contributed by atoms with van der Waals surface area (Å²) >= 11 is 0. The summed E-state index contributed by atoms with van der Waals surface area (Å²) in [5, 5.41) is 13.2. The van der Waals surface area contributed by atoms with Gasteiger partial charge in [0, 0.05) is 29.8 Å². The fourth-order valence-electron chi connectivity index (χ4n) is 3.18. The van der Waals surface area contributed by atoms with Crippen LogP contribution in [0.25, 0.3) is 10.8 Å². The van der Waals surface area contributed by atoms with Gasteiger partial charge in [0.1, 0.15) is 0 Å². The molecule has 4 nitrogen and oxygen atoms in total. The molecular formula is C18H14N2O2. The molecule has 0 saturated carbocycles. The van der Waals surface area contributed by atoms with Gasteiger partial charge in [-0.3, -0.25) is 10.1 Å². The summed E-state index contributed by atoms with van der Waals surface area (Å²) in [6.07, 6.45) is 0.997. The summed E-state index contributed by atoms with van der Waals surface area (Å²) in [6.45, 7) is 0.904. The van der Waals surface area contributed by atoms with Gasteiger partial charge in [-0.05, 0) is 29.5 Å². The summed E-state index contributed by atoms with van der Waals surface area (Å²) in [6, 6.07) is 19.5.